The zero-order valence-electron chi connectivity index (χ0n) is 8.85. The predicted octanol–water partition coefficient (Wildman–Crippen LogP) is 3.57. The Kier molecular flexibility index (Phi) is 4.84. The lowest BCUT2D eigenvalue weighted by Crippen LogP contribution is -2.32. The topological polar surface area (TPSA) is 42.0 Å². The number of carbonyl (C=O) groups is 1. The van der Waals surface area contributed by atoms with Crippen molar-refractivity contribution in [3.8, 4) is 0 Å². The molecular formula is C10H11Cl3N2O. The maximum atomic E-state index is 11.7. The molecule has 0 aliphatic rings. The highest BCUT2D eigenvalue weighted by atomic mass is 35.5. The molecule has 6 heteroatoms. The minimum atomic E-state index is -0.349. The van der Waals surface area contributed by atoms with E-state index in [2.05, 4.69) is 10.3 Å². The first-order valence-electron chi connectivity index (χ1n) is 4.77. The lowest BCUT2D eigenvalue weighted by atomic mass is 10.2. The second-order valence-corrected chi connectivity index (χ2v) is 4.53. The number of hydrogen-bond donors (Lipinski definition) is 1. The van der Waals surface area contributed by atoms with Gasteiger partial charge in [-0.05, 0) is 13.3 Å². The quantitative estimate of drug-likeness (QED) is 0.920. The molecule has 1 amide bonds. The Labute approximate surface area is 109 Å². The second-order valence-electron chi connectivity index (χ2n) is 3.37. The van der Waals surface area contributed by atoms with Crippen molar-refractivity contribution in [2.24, 2.45) is 0 Å². The molecule has 88 valence electrons. The number of halogens is 3. The van der Waals surface area contributed by atoms with Gasteiger partial charge in [-0.15, -0.1) is 0 Å². The van der Waals surface area contributed by atoms with Crippen LogP contribution in [0.2, 0.25) is 15.1 Å². The molecule has 0 spiro atoms. The van der Waals surface area contributed by atoms with E-state index < -0.39 is 0 Å². The highest BCUT2D eigenvalue weighted by Gasteiger charge is 2.17. The first-order chi connectivity index (χ1) is 7.47. The van der Waals surface area contributed by atoms with Crippen LogP contribution in [0.4, 0.5) is 0 Å². The number of nitrogens with one attached hydrogen (secondary N) is 1. The minimum absolute atomic E-state index is 0.0554. The van der Waals surface area contributed by atoms with Gasteiger partial charge in [0.05, 0.1) is 15.1 Å². The first kappa shape index (κ1) is 13.6. The van der Waals surface area contributed by atoms with Gasteiger partial charge in [0.2, 0.25) is 0 Å². The highest BCUT2D eigenvalue weighted by molar-refractivity contribution is 6.48. The summed E-state index contributed by atoms with van der Waals surface area (Å²) in [5.41, 5.74) is 0.0939. The van der Waals surface area contributed by atoms with Crippen LogP contribution in [0.5, 0.6) is 0 Å². The van der Waals surface area contributed by atoms with Crippen molar-refractivity contribution in [2.75, 3.05) is 0 Å². The molecule has 0 radical (unpaired) electrons. The van der Waals surface area contributed by atoms with E-state index in [1.54, 1.807) is 0 Å². The average molecular weight is 282 g/mol. The molecular weight excluding hydrogens is 270 g/mol. The predicted molar refractivity (Wildman–Crippen MR) is 66.5 cm³/mol. The summed E-state index contributed by atoms with van der Waals surface area (Å²) < 4.78 is 0. The second kappa shape index (κ2) is 5.71. The normalized spacial score (nSPS) is 12.3. The van der Waals surface area contributed by atoms with E-state index in [-0.39, 0.29) is 32.7 Å². The van der Waals surface area contributed by atoms with E-state index in [1.165, 1.54) is 6.20 Å². The Balaban J connectivity index is 2.97. The minimum Gasteiger partial charge on any atom is -0.348 e. The summed E-state index contributed by atoms with van der Waals surface area (Å²) in [4.78, 5) is 15.6. The van der Waals surface area contributed by atoms with Gasteiger partial charge in [0.15, 0.2) is 0 Å². The molecule has 1 rings (SSSR count). The Morgan fingerprint density at radius 1 is 1.44 bits per heavy atom. The highest BCUT2D eigenvalue weighted by Crippen LogP contribution is 2.30. The SMILES string of the molecule is CCC(C)NC(=O)c1ncc(Cl)c(Cl)c1Cl. The molecule has 0 fully saturated rings. The van der Waals surface area contributed by atoms with Gasteiger partial charge >= 0.3 is 0 Å². The summed E-state index contributed by atoms with van der Waals surface area (Å²) in [7, 11) is 0. The average Bonchev–Trinajstić information content (AvgIpc) is 2.25. The van der Waals surface area contributed by atoms with E-state index in [0.29, 0.717) is 0 Å². The van der Waals surface area contributed by atoms with E-state index in [1.807, 2.05) is 13.8 Å². The first-order valence-corrected chi connectivity index (χ1v) is 5.91. The molecule has 1 N–H and O–H groups in total. The number of amides is 1. The monoisotopic (exact) mass is 280 g/mol. The Morgan fingerprint density at radius 3 is 2.62 bits per heavy atom. The number of hydrogen-bond acceptors (Lipinski definition) is 2. The van der Waals surface area contributed by atoms with Crippen LogP contribution in [0.1, 0.15) is 30.8 Å². The fraction of sp³-hybridized carbons (Fsp3) is 0.400. The Morgan fingerprint density at radius 2 is 2.06 bits per heavy atom. The zero-order chi connectivity index (χ0) is 12.3. The third kappa shape index (κ3) is 3.00. The van der Waals surface area contributed by atoms with Gasteiger partial charge in [-0.2, -0.15) is 0 Å². The summed E-state index contributed by atoms with van der Waals surface area (Å²) in [6, 6.07) is 0.0554. The van der Waals surface area contributed by atoms with Crippen molar-refractivity contribution in [3.05, 3.63) is 27.0 Å². The molecule has 1 aromatic rings. The van der Waals surface area contributed by atoms with Crippen molar-refractivity contribution in [2.45, 2.75) is 26.3 Å². The van der Waals surface area contributed by atoms with Crippen molar-refractivity contribution in [1.82, 2.24) is 10.3 Å². The lowest BCUT2D eigenvalue weighted by Gasteiger charge is -2.12. The van der Waals surface area contributed by atoms with Crippen LogP contribution in [-0.4, -0.2) is 16.9 Å². The van der Waals surface area contributed by atoms with Gasteiger partial charge in [0, 0.05) is 12.2 Å². The van der Waals surface area contributed by atoms with E-state index in [9.17, 15) is 4.79 Å². The fourth-order valence-corrected chi connectivity index (χ4v) is 1.56. The molecule has 0 bridgehead atoms. The maximum Gasteiger partial charge on any atom is 0.271 e. The lowest BCUT2D eigenvalue weighted by molar-refractivity contribution is 0.0934. The third-order valence-electron chi connectivity index (χ3n) is 2.12. The molecule has 16 heavy (non-hydrogen) atoms. The number of pyridine rings is 1. The van der Waals surface area contributed by atoms with Crippen LogP contribution in [0.15, 0.2) is 6.20 Å². The molecule has 1 atom stereocenters. The van der Waals surface area contributed by atoms with Gasteiger partial charge in [0.25, 0.3) is 5.91 Å². The van der Waals surface area contributed by atoms with Crippen molar-refractivity contribution < 1.29 is 4.79 Å². The molecule has 0 saturated heterocycles. The summed E-state index contributed by atoms with van der Waals surface area (Å²) in [5.74, 6) is -0.349. The largest absolute Gasteiger partial charge is 0.348 e. The zero-order valence-corrected chi connectivity index (χ0v) is 11.1. The van der Waals surface area contributed by atoms with Crippen LogP contribution < -0.4 is 5.32 Å². The van der Waals surface area contributed by atoms with Gasteiger partial charge in [0.1, 0.15) is 5.69 Å². The number of aromatic nitrogens is 1. The summed E-state index contributed by atoms with van der Waals surface area (Å²) in [6.45, 7) is 3.86. The molecule has 0 aliphatic carbocycles. The van der Waals surface area contributed by atoms with Crippen molar-refractivity contribution in [1.29, 1.82) is 0 Å². The third-order valence-corrected chi connectivity index (χ3v) is 3.36. The van der Waals surface area contributed by atoms with Gasteiger partial charge < -0.3 is 5.32 Å². The van der Waals surface area contributed by atoms with Crippen LogP contribution in [0, 0.1) is 0 Å². The van der Waals surface area contributed by atoms with Crippen LogP contribution >= 0.6 is 34.8 Å². The van der Waals surface area contributed by atoms with E-state index in [4.69, 9.17) is 34.8 Å². The Bertz CT molecular complexity index is 409. The van der Waals surface area contributed by atoms with Crippen molar-refractivity contribution >= 4 is 40.7 Å². The standard InChI is InChI=1S/C10H11Cl3N2O/c1-3-5(2)15-10(16)9-8(13)7(12)6(11)4-14-9/h4-5H,3H2,1-2H3,(H,15,16). The van der Waals surface area contributed by atoms with Crippen LogP contribution in [0.25, 0.3) is 0 Å². The molecule has 0 aliphatic heterocycles. The smallest absolute Gasteiger partial charge is 0.271 e. The maximum absolute atomic E-state index is 11.7. The number of rotatable bonds is 3. The fourth-order valence-electron chi connectivity index (χ4n) is 0.996. The molecule has 1 unspecified atom stereocenters. The van der Waals surface area contributed by atoms with E-state index in [0.717, 1.165) is 6.42 Å². The molecule has 0 saturated carbocycles. The summed E-state index contributed by atoms with van der Waals surface area (Å²) in [6.07, 6.45) is 2.13. The number of nitrogens with zero attached hydrogens (tertiary/aromatic N) is 1. The van der Waals surface area contributed by atoms with Gasteiger partial charge in [-0.25, -0.2) is 4.98 Å². The summed E-state index contributed by atoms with van der Waals surface area (Å²) in [5, 5.41) is 3.20. The van der Waals surface area contributed by atoms with Gasteiger partial charge in [-0.1, -0.05) is 41.7 Å². The number of carbonyl (C=O) groups excluding carboxylic acids is 1. The molecule has 3 nitrogen and oxygen atoms in total. The molecule has 1 aromatic heterocycles. The Hall–Kier alpha value is -0.510. The van der Waals surface area contributed by atoms with Gasteiger partial charge in [-0.3, -0.25) is 4.79 Å². The van der Waals surface area contributed by atoms with Crippen molar-refractivity contribution in [3.63, 3.8) is 0 Å². The van der Waals surface area contributed by atoms with Crippen LogP contribution in [0.3, 0.4) is 0 Å². The molecule has 1 heterocycles. The summed E-state index contributed by atoms with van der Waals surface area (Å²) >= 11 is 17.4. The van der Waals surface area contributed by atoms with E-state index >= 15 is 0 Å². The van der Waals surface area contributed by atoms with Crippen LogP contribution in [-0.2, 0) is 0 Å². The molecule has 0 aromatic carbocycles.